The first-order valence-electron chi connectivity index (χ1n) is 10.4. The molecule has 170 valence electrons. The number of rotatable bonds is 3. The Morgan fingerprint density at radius 3 is 2.44 bits per heavy atom. The molecule has 0 amide bonds. The number of allylic oxidation sites excluding steroid dienone is 1. The Kier molecular flexibility index (Phi) is 4.67. The summed E-state index contributed by atoms with van der Waals surface area (Å²) in [5.41, 5.74) is 1.48. The molecule has 2 heterocycles. The predicted octanol–water partition coefficient (Wildman–Crippen LogP) is 2.55. The van der Waals surface area contributed by atoms with Crippen LogP contribution in [0.25, 0.3) is 5.76 Å². The molecule has 0 N–H and O–H groups in total. The number of nitro groups is 1. The number of benzene rings is 2. The minimum Gasteiger partial charge on any atom is -0.426 e. The number of esters is 1. The third kappa shape index (κ3) is 2.95. The van der Waals surface area contributed by atoms with E-state index in [0.717, 1.165) is 4.57 Å². The van der Waals surface area contributed by atoms with Crippen molar-refractivity contribution in [3.63, 3.8) is 0 Å². The lowest BCUT2D eigenvalue weighted by molar-refractivity contribution is -0.384. The van der Waals surface area contributed by atoms with Crippen LogP contribution in [0.1, 0.15) is 35.1 Å². The number of hydrogen-bond acceptors (Lipinski definition) is 7. The Hall–Kier alpha value is -4.60. The maximum Gasteiger partial charge on any atom is 0.332 e. The molecule has 0 saturated carbocycles. The molecule has 5 rings (SSSR count). The van der Waals surface area contributed by atoms with Crippen LogP contribution < -0.4 is 11.2 Å². The highest BCUT2D eigenvalue weighted by atomic mass is 16.6. The van der Waals surface area contributed by atoms with Gasteiger partial charge in [-0.25, -0.2) is 9.79 Å². The second kappa shape index (κ2) is 7.48. The molecule has 0 spiro atoms. The van der Waals surface area contributed by atoms with Crippen LogP contribution in [0.15, 0.2) is 68.7 Å². The fourth-order valence-electron chi connectivity index (χ4n) is 4.58. The molecule has 10 nitrogen and oxygen atoms in total. The molecule has 0 saturated heterocycles. The second-order valence-electron chi connectivity index (χ2n) is 8.07. The first-order valence-corrected chi connectivity index (χ1v) is 10.4. The molecule has 0 fully saturated rings. The Morgan fingerprint density at radius 1 is 1.06 bits per heavy atom. The van der Waals surface area contributed by atoms with E-state index in [1.165, 1.54) is 43.8 Å². The molecule has 1 aliphatic carbocycles. The van der Waals surface area contributed by atoms with Crippen LogP contribution >= 0.6 is 0 Å². The summed E-state index contributed by atoms with van der Waals surface area (Å²) in [6, 6.07) is 13.1. The Morgan fingerprint density at radius 2 is 1.76 bits per heavy atom. The van der Waals surface area contributed by atoms with Crippen LogP contribution in [0.3, 0.4) is 0 Å². The number of carbonyl (C=O) groups excluding carboxylic acids is 1. The Balaban J connectivity index is 1.95. The largest absolute Gasteiger partial charge is 0.426 e. The number of carbonyl (C=O) groups is 1. The van der Waals surface area contributed by atoms with Gasteiger partial charge < -0.3 is 4.74 Å². The number of aliphatic imine (C=N–C) groups is 1. The van der Waals surface area contributed by atoms with E-state index in [0.29, 0.717) is 28.0 Å². The van der Waals surface area contributed by atoms with E-state index in [-0.39, 0.29) is 22.8 Å². The van der Waals surface area contributed by atoms with Gasteiger partial charge in [0.05, 0.1) is 16.2 Å². The minimum atomic E-state index is -0.866. The SMILES string of the molecule is CC(=O)OC1=C2C(=Nc3c(c(=O)n(C)c(=O)n3C)[C@H]2c2cccc([N+](=O)[O-])c2)c2ccccc21. The van der Waals surface area contributed by atoms with E-state index in [1.54, 1.807) is 30.3 Å². The van der Waals surface area contributed by atoms with E-state index in [1.807, 2.05) is 0 Å². The summed E-state index contributed by atoms with van der Waals surface area (Å²) in [5.74, 6) is -1.03. The van der Waals surface area contributed by atoms with Crippen molar-refractivity contribution in [2.75, 3.05) is 0 Å². The van der Waals surface area contributed by atoms with Crippen molar-refractivity contribution in [1.82, 2.24) is 9.13 Å². The molecule has 0 unspecified atom stereocenters. The average Bonchev–Trinajstić information content (AvgIpc) is 3.13. The van der Waals surface area contributed by atoms with Crippen LogP contribution in [0.4, 0.5) is 11.5 Å². The minimum absolute atomic E-state index is 0.155. The van der Waals surface area contributed by atoms with Crippen LogP contribution in [0.2, 0.25) is 0 Å². The number of ether oxygens (including phenoxy) is 1. The molecule has 2 aliphatic rings. The summed E-state index contributed by atoms with van der Waals surface area (Å²) in [7, 11) is 2.87. The zero-order valence-electron chi connectivity index (χ0n) is 18.4. The summed E-state index contributed by atoms with van der Waals surface area (Å²) in [6.07, 6.45) is 0. The maximum atomic E-state index is 13.4. The van der Waals surface area contributed by atoms with Gasteiger partial charge in [0.15, 0.2) is 0 Å². The van der Waals surface area contributed by atoms with E-state index < -0.39 is 28.1 Å². The molecule has 10 heteroatoms. The number of hydrogen-bond donors (Lipinski definition) is 0. The van der Waals surface area contributed by atoms with Crippen molar-refractivity contribution in [2.45, 2.75) is 12.8 Å². The molecule has 0 radical (unpaired) electrons. The Labute approximate surface area is 192 Å². The molecule has 3 aromatic rings. The van der Waals surface area contributed by atoms with Gasteiger partial charge in [0.1, 0.15) is 11.6 Å². The molecule has 1 aromatic heterocycles. The van der Waals surface area contributed by atoms with E-state index >= 15 is 0 Å². The third-order valence-electron chi connectivity index (χ3n) is 6.05. The number of nitro benzene ring substituents is 1. The summed E-state index contributed by atoms with van der Waals surface area (Å²) in [4.78, 5) is 53.8. The van der Waals surface area contributed by atoms with Crippen LogP contribution in [0.5, 0.6) is 0 Å². The predicted molar refractivity (Wildman–Crippen MR) is 123 cm³/mol. The van der Waals surface area contributed by atoms with Crippen molar-refractivity contribution in [3.8, 4) is 0 Å². The van der Waals surface area contributed by atoms with Crippen LogP contribution in [0, 0.1) is 10.1 Å². The monoisotopic (exact) mass is 458 g/mol. The lowest BCUT2D eigenvalue weighted by Crippen LogP contribution is -2.41. The van der Waals surface area contributed by atoms with Crippen molar-refractivity contribution < 1.29 is 14.5 Å². The lowest BCUT2D eigenvalue weighted by atomic mass is 9.81. The highest BCUT2D eigenvalue weighted by Crippen LogP contribution is 2.49. The molecule has 1 aliphatic heterocycles. The summed E-state index contributed by atoms with van der Waals surface area (Å²) >= 11 is 0. The smallest absolute Gasteiger partial charge is 0.332 e. The highest BCUT2D eigenvalue weighted by Gasteiger charge is 2.42. The quantitative estimate of drug-likeness (QED) is 0.337. The molecular formula is C24H18N4O6. The van der Waals surface area contributed by atoms with Gasteiger partial charge in [-0.2, -0.15) is 0 Å². The van der Waals surface area contributed by atoms with Crippen LogP contribution in [-0.2, 0) is 23.6 Å². The van der Waals surface area contributed by atoms with Crippen molar-refractivity contribution >= 4 is 28.9 Å². The zero-order chi connectivity index (χ0) is 24.3. The summed E-state index contributed by atoms with van der Waals surface area (Å²) in [5, 5.41) is 11.5. The van der Waals surface area contributed by atoms with Gasteiger partial charge in [-0.15, -0.1) is 0 Å². The van der Waals surface area contributed by atoms with Crippen LogP contribution in [-0.4, -0.2) is 25.7 Å². The normalized spacial score (nSPS) is 15.9. The van der Waals surface area contributed by atoms with Crippen molar-refractivity contribution in [3.05, 3.63) is 107 Å². The van der Waals surface area contributed by atoms with Gasteiger partial charge in [-0.3, -0.25) is 28.8 Å². The van der Waals surface area contributed by atoms with E-state index in [2.05, 4.69) is 4.99 Å². The van der Waals surface area contributed by atoms with Crippen molar-refractivity contribution in [2.24, 2.45) is 19.1 Å². The molecule has 2 aromatic carbocycles. The lowest BCUT2D eigenvalue weighted by Gasteiger charge is -2.27. The topological polar surface area (TPSA) is 126 Å². The van der Waals surface area contributed by atoms with Gasteiger partial charge >= 0.3 is 11.7 Å². The van der Waals surface area contributed by atoms with Gasteiger partial charge in [0, 0.05) is 55.8 Å². The fraction of sp³-hybridized carbons (Fsp3) is 0.167. The molecule has 0 bridgehead atoms. The number of aromatic nitrogens is 2. The van der Waals surface area contributed by atoms with E-state index in [9.17, 15) is 24.5 Å². The van der Waals surface area contributed by atoms with Gasteiger partial charge in [0.25, 0.3) is 11.2 Å². The number of nitrogens with zero attached hydrogens (tertiary/aromatic N) is 4. The number of non-ortho nitro benzene ring substituents is 1. The Bertz CT molecular complexity index is 1610. The zero-order valence-corrected chi connectivity index (χ0v) is 18.4. The fourth-order valence-corrected chi connectivity index (χ4v) is 4.58. The molecule has 34 heavy (non-hydrogen) atoms. The second-order valence-corrected chi connectivity index (χ2v) is 8.07. The van der Waals surface area contributed by atoms with Gasteiger partial charge in [-0.05, 0) is 5.56 Å². The van der Waals surface area contributed by atoms with Gasteiger partial charge in [-0.1, -0.05) is 36.4 Å². The summed E-state index contributed by atoms with van der Waals surface area (Å²) in [6.45, 7) is 1.27. The standard InChI is InChI=1S/C24H18N4O6/c1-12(29)34-21-16-10-5-4-9-15(16)20-18(21)17(13-7-6-8-14(11-13)28(32)33)19-22(25-20)26(2)24(31)27(3)23(19)30/h4-11,17H,1-3H3/t17-/m0/s1. The van der Waals surface area contributed by atoms with Crippen molar-refractivity contribution in [1.29, 1.82) is 0 Å². The summed E-state index contributed by atoms with van der Waals surface area (Å²) < 4.78 is 7.87. The average molecular weight is 458 g/mol. The number of fused-ring (bicyclic) bond motifs is 4. The molecule has 1 atom stereocenters. The first kappa shape index (κ1) is 21.3. The van der Waals surface area contributed by atoms with E-state index in [4.69, 9.17) is 4.74 Å². The maximum absolute atomic E-state index is 13.4. The van der Waals surface area contributed by atoms with Gasteiger partial charge in [0.2, 0.25) is 0 Å². The first-order chi connectivity index (χ1) is 16.2. The third-order valence-corrected chi connectivity index (χ3v) is 6.05. The highest BCUT2D eigenvalue weighted by molar-refractivity contribution is 6.25. The molecular weight excluding hydrogens is 440 g/mol.